The molecule has 2 nitrogen and oxygen atoms in total. The smallest absolute Gasteiger partial charge is 0.0402 e. The summed E-state index contributed by atoms with van der Waals surface area (Å²) in [6.45, 7) is 14.8. The van der Waals surface area contributed by atoms with E-state index in [9.17, 15) is 0 Å². The van der Waals surface area contributed by atoms with Gasteiger partial charge in [0.25, 0.3) is 0 Å². The molecule has 0 radical (unpaired) electrons. The average molecular weight is 421 g/mol. The Labute approximate surface area is 133 Å². The minimum Gasteiger partial charge on any atom is -0.397 e. The van der Waals surface area contributed by atoms with Gasteiger partial charge in [0.2, 0.25) is 0 Å². The monoisotopic (exact) mass is 422 g/mol. The Morgan fingerprint density at radius 2 is 1.28 bits per heavy atom. The van der Waals surface area contributed by atoms with Crippen molar-refractivity contribution in [1.29, 1.82) is 0 Å². The molecule has 108 valence electrons. The maximum absolute atomic E-state index is 7.57. The minimum absolute atomic E-state index is 0. The second-order valence-corrected chi connectivity index (χ2v) is 4.26. The SMILES string of the molecule is CC1=[C-]C(C)(C)C(C)=C1C.CCO.CCO.[CH3-].[Hf]. The van der Waals surface area contributed by atoms with Crippen LogP contribution in [0.25, 0.3) is 0 Å². The van der Waals surface area contributed by atoms with Crippen LogP contribution < -0.4 is 0 Å². The summed E-state index contributed by atoms with van der Waals surface area (Å²) < 4.78 is 0. The summed E-state index contributed by atoms with van der Waals surface area (Å²) in [6, 6.07) is 0. The van der Waals surface area contributed by atoms with Crippen molar-refractivity contribution in [1.82, 2.24) is 0 Å². The molecule has 1 aliphatic carbocycles. The van der Waals surface area contributed by atoms with Crippen molar-refractivity contribution in [2.75, 3.05) is 13.2 Å². The molecule has 1 rings (SSSR count). The fourth-order valence-electron chi connectivity index (χ4n) is 1.41. The molecular formula is C15H30HfO2-2. The van der Waals surface area contributed by atoms with Crippen LogP contribution in [-0.2, 0) is 25.8 Å². The van der Waals surface area contributed by atoms with Crippen molar-refractivity contribution in [3.05, 3.63) is 30.2 Å². The van der Waals surface area contributed by atoms with E-state index in [2.05, 4.69) is 40.7 Å². The van der Waals surface area contributed by atoms with Gasteiger partial charge in [-0.05, 0) is 13.8 Å². The number of allylic oxidation sites excluding steroid dienone is 4. The standard InChI is InChI=1S/C10H15.2C2H6O.CH3.Hf/c1-7-6-10(4,5)9(3)8(7)2;2*1-2-3;;/h1-5H3;2*3H,2H2,1H3;1H3;/q-1;;;-1;. The fraction of sp³-hybridized carbons (Fsp3) is 0.667. The minimum atomic E-state index is 0. The van der Waals surface area contributed by atoms with Crippen LogP contribution in [0.4, 0.5) is 0 Å². The van der Waals surface area contributed by atoms with Gasteiger partial charge < -0.3 is 17.6 Å². The molecule has 2 N–H and O–H groups in total. The Hall–Kier alpha value is 0.270. The van der Waals surface area contributed by atoms with Crippen LogP contribution in [0.1, 0.15) is 48.5 Å². The quantitative estimate of drug-likeness (QED) is 0.464. The number of aliphatic hydroxyl groups is 2. The summed E-state index contributed by atoms with van der Waals surface area (Å²) in [6.07, 6.45) is 3.44. The van der Waals surface area contributed by atoms with Gasteiger partial charge in [0, 0.05) is 39.1 Å². The number of hydrogen-bond acceptors (Lipinski definition) is 2. The van der Waals surface area contributed by atoms with Crippen molar-refractivity contribution in [2.45, 2.75) is 48.5 Å². The number of aliphatic hydroxyl groups excluding tert-OH is 2. The van der Waals surface area contributed by atoms with Gasteiger partial charge in [-0.3, -0.25) is 6.08 Å². The fourth-order valence-corrected chi connectivity index (χ4v) is 1.41. The third-order valence-corrected chi connectivity index (χ3v) is 2.56. The molecule has 0 atom stereocenters. The first-order valence-corrected chi connectivity index (χ1v) is 5.80. The number of rotatable bonds is 0. The molecule has 0 fully saturated rings. The molecule has 0 spiro atoms. The van der Waals surface area contributed by atoms with E-state index in [1.165, 1.54) is 16.7 Å². The molecule has 0 aromatic rings. The molecule has 0 unspecified atom stereocenters. The molecule has 0 aromatic heterocycles. The van der Waals surface area contributed by atoms with Gasteiger partial charge in [-0.2, -0.15) is 11.1 Å². The molecule has 1 aliphatic rings. The van der Waals surface area contributed by atoms with E-state index in [4.69, 9.17) is 10.2 Å². The molecular weight excluding hydrogens is 391 g/mol. The summed E-state index contributed by atoms with van der Waals surface area (Å²) in [5.41, 5.74) is 4.39. The zero-order valence-corrected chi connectivity index (χ0v) is 16.9. The first kappa shape index (κ1) is 26.8. The van der Waals surface area contributed by atoms with Crippen LogP contribution in [0.5, 0.6) is 0 Å². The molecule has 3 heteroatoms. The summed E-state index contributed by atoms with van der Waals surface area (Å²) in [5.74, 6) is 0. The maximum Gasteiger partial charge on any atom is 0.0402 e. The Balaban J connectivity index is -0.000000106. The summed E-state index contributed by atoms with van der Waals surface area (Å²) in [5, 5.41) is 15.1. The van der Waals surface area contributed by atoms with Crippen molar-refractivity contribution in [3.63, 3.8) is 0 Å². The third-order valence-electron chi connectivity index (χ3n) is 2.56. The number of hydrogen-bond donors (Lipinski definition) is 2. The predicted octanol–water partition coefficient (Wildman–Crippen LogP) is 3.56. The van der Waals surface area contributed by atoms with Crippen LogP contribution >= 0.6 is 0 Å². The Bertz CT molecular complexity index is 251. The molecule has 0 aromatic carbocycles. The van der Waals surface area contributed by atoms with E-state index >= 15 is 0 Å². The molecule has 0 saturated heterocycles. The van der Waals surface area contributed by atoms with Crippen LogP contribution in [0.15, 0.2) is 16.7 Å². The van der Waals surface area contributed by atoms with Crippen LogP contribution in [-0.4, -0.2) is 23.4 Å². The topological polar surface area (TPSA) is 40.5 Å². The maximum atomic E-state index is 7.57. The van der Waals surface area contributed by atoms with Gasteiger partial charge in [0.15, 0.2) is 0 Å². The van der Waals surface area contributed by atoms with Crippen LogP contribution in [0.3, 0.4) is 0 Å². The van der Waals surface area contributed by atoms with E-state index in [0.717, 1.165) is 0 Å². The van der Waals surface area contributed by atoms with Crippen LogP contribution in [0, 0.1) is 18.9 Å². The molecule has 18 heavy (non-hydrogen) atoms. The van der Waals surface area contributed by atoms with E-state index < -0.39 is 0 Å². The predicted molar refractivity (Wildman–Crippen MR) is 76.5 cm³/mol. The van der Waals surface area contributed by atoms with E-state index in [1.54, 1.807) is 13.8 Å². The van der Waals surface area contributed by atoms with Gasteiger partial charge in [0.1, 0.15) is 0 Å². The van der Waals surface area contributed by atoms with Crippen LogP contribution in [0.2, 0.25) is 0 Å². The average Bonchev–Trinajstić information content (AvgIpc) is 2.32. The van der Waals surface area contributed by atoms with Crippen molar-refractivity contribution in [3.8, 4) is 0 Å². The Morgan fingerprint density at radius 3 is 1.33 bits per heavy atom. The van der Waals surface area contributed by atoms with Gasteiger partial charge in [-0.25, -0.2) is 5.57 Å². The molecule has 0 amide bonds. The molecule has 0 aliphatic heterocycles. The second-order valence-electron chi connectivity index (χ2n) is 4.26. The van der Waals surface area contributed by atoms with Gasteiger partial charge in [-0.1, -0.05) is 33.1 Å². The summed E-state index contributed by atoms with van der Waals surface area (Å²) >= 11 is 0. The molecule has 0 saturated carbocycles. The molecule has 0 heterocycles. The van der Waals surface area contributed by atoms with Gasteiger partial charge in [-0.15, -0.1) is 6.92 Å². The first-order chi connectivity index (χ1) is 7.28. The largest absolute Gasteiger partial charge is 0.397 e. The van der Waals surface area contributed by atoms with Gasteiger partial charge >= 0.3 is 0 Å². The zero-order chi connectivity index (χ0) is 13.4. The Morgan fingerprint density at radius 1 is 1.00 bits per heavy atom. The summed E-state index contributed by atoms with van der Waals surface area (Å²) in [4.78, 5) is 0. The van der Waals surface area contributed by atoms with Gasteiger partial charge in [0.05, 0.1) is 0 Å². The van der Waals surface area contributed by atoms with Crippen molar-refractivity contribution >= 4 is 0 Å². The van der Waals surface area contributed by atoms with E-state index in [0.29, 0.717) is 0 Å². The second kappa shape index (κ2) is 13.7. The Kier molecular flexibility index (Phi) is 20.4. The van der Waals surface area contributed by atoms with E-state index in [1.807, 2.05) is 0 Å². The normalized spacial score (nSPS) is 15.1. The third kappa shape index (κ3) is 10.2. The van der Waals surface area contributed by atoms with Crippen molar-refractivity contribution in [2.24, 2.45) is 5.41 Å². The molecule has 0 bridgehead atoms. The zero-order valence-electron chi connectivity index (χ0n) is 13.3. The van der Waals surface area contributed by atoms with E-state index in [-0.39, 0.29) is 51.9 Å². The first-order valence-electron chi connectivity index (χ1n) is 5.80. The van der Waals surface area contributed by atoms with Crippen molar-refractivity contribution < 1.29 is 36.1 Å². The summed E-state index contributed by atoms with van der Waals surface area (Å²) in [7, 11) is 0.